The number of nitrogens with one attached hydrogen (secondary N) is 1. The molecule has 1 amide bonds. The average molecular weight is 275 g/mol. The van der Waals surface area contributed by atoms with Gasteiger partial charge in [-0.05, 0) is 13.0 Å². The van der Waals surface area contributed by atoms with Crippen molar-refractivity contribution in [3.8, 4) is 5.75 Å². The van der Waals surface area contributed by atoms with Gasteiger partial charge in [0.05, 0.1) is 13.2 Å². The van der Waals surface area contributed by atoms with Crippen LogP contribution in [0.1, 0.15) is 34.9 Å². The van der Waals surface area contributed by atoms with Crippen molar-refractivity contribution in [3.05, 3.63) is 47.7 Å². The molecule has 1 heterocycles. The second-order valence-corrected chi connectivity index (χ2v) is 4.35. The van der Waals surface area contributed by atoms with Gasteiger partial charge in [0.25, 0.3) is 5.91 Å². The van der Waals surface area contributed by atoms with Crippen molar-refractivity contribution in [3.63, 3.8) is 0 Å². The van der Waals surface area contributed by atoms with Gasteiger partial charge < -0.3 is 20.2 Å². The van der Waals surface area contributed by atoms with Crippen molar-refractivity contribution in [1.82, 2.24) is 10.3 Å². The first-order valence-corrected chi connectivity index (χ1v) is 6.23. The fourth-order valence-corrected chi connectivity index (χ4v) is 1.72. The molecule has 106 valence electrons. The van der Waals surface area contributed by atoms with Crippen molar-refractivity contribution < 1.29 is 13.9 Å². The third-order valence-corrected chi connectivity index (χ3v) is 2.78. The molecule has 0 bridgehead atoms. The molecule has 0 saturated heterocycles. The normalized spacial score (nSPS) is 11.9. The molecule has 2 aromatic rings. The Labute approximate surface area is 116 Å². The van der Waals surface area contributed by atoms with Crippen LogP contribution in [0.2, 0.25) is 0 Å². The molecule has 2 rings (SSSR count). The topological polar surface area (TPSA) is 90.4 Å². The highest BCUT2D eigenvalue weighted by Gasteiger charge is 2.14. The van der Waals surface area contributed by atoms with Crippen molar-refractivity contribution >= 4 is 5.91 Å². The maximum atomic E-state index is 11.9. The minimum Gasteiger partial charge on any atom is -0.496 e. The molecule has 1 atom stereocenters. The Morgan fingerprint density at radius 3 is 2.90 bits per heavy atom. The minimum absolute atomic E-state index is 0.215. The number of oxazole rings is 1. The van der Waals surface area contributed by atoms with Gasteiger partial charge in [-0.25, -0.2) is 4.98 Å². The molecule has 0 radical (unpaired) electrons. The van der Waals surface area contributed by atoms with Gasteiger partial charge in [-0.2, -0.15) is 0 Å². The first-order chi connectivity index (χ1) is 9.61. The summed E-state index contributed by atoms with van der Waals surface area (Å²) in [5, 5.41) is 2.76. The van der Waals surface area contributed by atoms with Crippen molar-refractivity contribution in [2.24, 2.45) is 5.73 Å². The number of hydrogen-bond donors (Lipinski definition) is 2. The lowest BCUT2D eigenvalue weighted by atomic mass is 10.2. The number of rotatable bonds is 5. The van der Waals surface area contributed by atoms with E-state index >= 15 is 0 Å². The predicted octanol–water partition coefficient (Wildman–Crippen LogP) is 1.63. The summed E-state index contributed by atoms with van der Waals surface area (Å²) >= 11 is 0. The average Bonchev–Trinajstić information content (AvgIpc) is 2.95. The summed E-state index contributed by atoms with van der Waals surface area (Å²) in [6.45, 7) is 2.09. The zero-order valence-electron chi connectivity index (χ0n) is 11.4. The Morgan fingerprint density at radius 1 is 1.50 bits per heavy atom. The molecule has 0 spiro atoms. The molecule has 1 aromatic carbocycles. The van der Waals surface area contributed by atoms with Gasteiger partial charge in [0.1, 0.15) is 12.0 Å². The smallest absolute Gasteiger partial charge is 0.273 e. The number of nitrogens with zero attached hydrogens (tertiary/aromatic N) is 1. The van der Waals surface area contributed by atoms with E-state index in [0.29, 0.717) is 12.4 Å². The standard InChI is InChI=1S/C14H17N3O3/c1-9(15)14-17-11(8-20-14)13(18)16-7-10-5-3-4-6-12(10)19-2/h3-6,8-9H,7,15H2,1-2H3,(H,16,18). The first-order valence-electron chi connectivity index (χ1n) is 6.23. The zero-order valence-corrected chi connectivity index (χ0v) is 11.4. The van der Waals surface area contributed by atoms with Gasteiger partial charge in [0, 0.05) is 12.1 Å². The maximum absolute atomic E-state index is 11.9. The Balaban J connectivity index is 2.01. The van der Waals surface area contributed by atoms with E-state index in [-0.39, 0.29) is 17.6 Å². The molecule has 0 fully saturated rings. The van der Waals surface area contributed by atoms with E-state index < -0.39 is 0 Å². The molecule has 0 aliphatic heterocycles. The molecule has 0 aliphatic carbocycles. The number of carbonyl (C=O) groups is 1. The quantitative estimate of drug-likeness (QED) is 0.865. The molecular formula is C14H17N3O3. The predicted molar refractivity (Wildman–Crippen MR) is 73.3 cm³/mol. The Bertz CT molecular complexity index is 593. The summed E-state index contributed by atoms with van der Waals surface area (Å²) in [7, 11) is 1.59. The van der Waals surface area contributed by atoms with E-state index in [2.05, 4.69) is 10.3 Å². The SMILES string of the molecule is COc1ccccc1CNC(=O)c1coc(C(C)N)n1. The van der Waals surface area contributed by atoms with E-state index in [0.717, 1.165) is 11.3 Å². The van der Waals surface area contributed by atoms with E-state index in [1.54, 1.807) is 14.0 Å². The van der Waals surface area contributed by atoms with Gasteiger partial charge in [-0.3, -0.25) is 4.79 Å². The van der Waals surface area contributed by atoms with Crippen LogP contribution in [0.4, 0.5) is 0 Å². The molecule has 6 heteroatoms. The van der Waals surface area contributed by atoms with Crippen LogP contribution in [0.25, 0.3) is 0 Å². The number of amides is 1. The van der Waals surface area contributed by atoms with Crippen LogP contribution < -0.4 is 15.8 Å². The summed E-state index contributed by atoms with van der Waals surface area (Å²) in [4.78, 5) is 16.0. The number of para-hydroxylation sites is 1. The highest BCUT2D eigenvalue weighted by atomic mass is 16.5. The monoisotopic (exact) mass is 275 g/mol. The molecule has 1 aromatic heterocycles. The fraction of sp³-hybridized carbons (Fsp3) is 0.286. The van der Waals surface area contributed by atoms with Gasteiger partial charge in [-0.1, -0.05) is 18.2 Å². The summed E-state index contributed by atoms with van der Waals surface area (Å²) in [6, 6.07) is 7.14. The number of carbonyl (C=O) groups excluding carboxylic acids is 1. The fourth-order valence-electron chi connectivity index (χ4n) is 1.72. The Hall–Kier alpha value is -2.34. The lowest BCUT2D eigenvalue weighted by Crippen LogP contribution is -2.23. The van der Waals surface area contributed by atoms with Crippen molar-refractivity contribution in [2.45, 2.75) is 19.5 Å². The Morgan fingerprint density at radius 2 is 2.25 bits per heavy atom. The molecule has 3 N–H and O–H groups in total. The first kappa shape index (κ1) is 14.1. The van der Waals surface area contributed by atoms with Crippen LogP contribution in [0, 0.1) is 0 Å². The summed E-state index contributed by atoms with van der Waals surface area (Å²) in [5.41, 5.74) is 6.73. The second kappa shape index (κ2) is 6.21. The van der Waals surface area contributed by atoms with Crippen molar-refractivity contribution in [2.75, 3.05) is 7.11 Å². The number of benzene rings is 1. The molecular weight excluding hydrogens is 258 g/mol. The highest BCUT2D eigenvalue weighted by molar-refractivity contribution is 5.91. The lowest BCUT2D eigenvalue weighted by molar-refractivity contribution is 0.0945. The third-order valence-electron chi connectivity index (χ3n) is 2.78. The summed E-state index contributed by atoms with van der Waals surface area (Å²) in [5.74, 6) is 0.753. The number of ether oxygens (including phenoxy) is 1. The summed E-state index contributed by atoms with van der Waals surface area (Å²) in [6.07, 6.45) is 1.30. The number of hydrogen-bond acceptors (Lipinski definition) is 5. The van der Waals surface area contributed by atoms with Gasteiger partial charge >= 0.3 is 0 Å². The van der Waals surface area contributed by atoms with E-state index in [1.807, 2.05) is 24.3 Å². The van der Waals surface area contributed by atoms with E-state index in [4.69, 9.17) is 14.9 Å². The van der Waals surface area contributed by atoms with Crippen LogP contribution in [0.15, 0.2) is 34.9 Å². The van der Waals surface area contributed by atoms with Gasteiger partial charge in [0.2, 0.25) is 5.89 Å². The highest BCUT2D eigenvalue weighted by Crippen LogP contribution is 2.17. The molecule has 1 unspecified atom stereocenters. The number of nitrogens with two attached hydrogens (primary N) is 1. The third kappa shape index (κ3) is 3.16. The van der Waals surface area contributed by atoms with E-state index in [9.17, 15) is 4.79 Å². The van der Waals surface area contributed by atoms with Crippen LogP contribution in [-0.4, -0.2) is 18.0 Å². The molecule has 6 nitrogen and oxygen atoms in total. The number of aromatic nitrogens is 1. The number of methoxy groups -OCH3 is 1. The van der Waals surface area contributed by atoms with Gasteiger partial charge in [0.15, 0.2) is 5.69 Å². The van der Waals surface area contributed by atoms with Crippen LogP contribution in [0.5, 0.6) is 5.75 Å². The minimum atomic E-state index is -0.342. The van der Waals surface area contributed by atoms with Crippen molar-refractivity contribution in [1.29, 1.82) is 0 Å². The Kier molecular flexibility index (Phi) is 4.37. The van der Waals surface area contributed by atoms with Crippen LogP contribution >= 0.6 is 0 Å². The van der Waals surface area contributed by atoms with Crippen LogP contribution in [-0.2, 0) is 6.54 Å². The lowest BCUT2D eigenvalue weighted by Gasteiger charge is -2.08. The zero-order chi connectivity index (χ0) is 14.5. The largest absolute Gasteiger partial charge is 0.496 e. The van der Waals surface area contributed by atoms with Gasteiger partial charge in [-0.15, -0.1) is 0 Å². The maximum Gasteiger partial charge on any atom is 0.273 e. The summed E-state index contributed by atoms with van der Waals surface area (Å²) < 4.78 is 10.3. The van der Waals surface area contributed by atoms with E-state index in [1.165, 1.54) is 6.26 Å². The van der Waals surface area contributed by atoms with Crippen LogP contribution in [0.3, 0.4) is 0 Å². The molecule has 0 saturated carbocycles. The second-order valence-electron chi connectivity index (χ2n) is 4.35. The molecule has 20 heavy (non-hydrogen) atoms. The molecule has 0 aliphatic rings.